The van der Waals surface area contributed by atoms with Gasteiger partial charge in [0.2, 0.25) is 0 Å². The van der Waals surface area contributed by atoms with Crippen LogP contribution in [0.15, 0.2) is 0 Å². The van der Waals surface area contributed by atoms with Crippen LogP contribution in [-0.2, 0) is 4.74 Å². The van der Waals surface area contributed by atoms with Crippen molar-refractivity contribution in [2.45, 2.75) is 26.4 Å². The number of nitrogens with zero attached hydrogens (tertiary/aromatic N) is 2. The molecule has 0 fully saturated rings. The van der Waals surface area contributed by atoms with Crippen LogP contribution in [0.25, 0.3) is 0 Å². The van der Waals surface area contributed by atoms with E-state index in [-0.39, 0.29) is 6.10 Å². The second-order valence-corrected chi connectivity index (χ2v) is 2.85. The van der Waals surface area contributed by atoms with Gasteiger partial charge in [0.05, 0.1) is 12.2 Å². The molecule has 1 atom stereocenters. The zero-order chi connectivity index (χ0) is 9.40. The minimum Gasteiger partial charge on any atom is -0.380 e. The molecule has 0 radical (unpaired) electrons. The fourth-order valence-corrected chi connectivity index (χ4v) is 1.02. The Kier molecular flexibility index (Phi) is 6.73. The molecule has 0 amide bonds. The van der Waals surface area contributed by atoms with Crippen molar-refractivity contribution in [3.63, 3.8) is 0 Å². The van der Waals surface area contributed by atoms with E-state index < -0.39 is 0 Å². The van der Waals surface area contributed by atoms with E-state index in [1.807, 2.05) is 6.92 Å². The van der Waals surface area contributed by atoms with E-state index in [0.717, 1.165) is 19.6 Å². The fourth-order valence-electron chi connectivity index (χ4n) is 1.02. The van der Waals surface area contributed by atoms with Crippen LogP contribution in [0.3, 0.4) is 0 Å². The van der Waals surface area contributed by atoms with Crippen molar-refractivity contribution in [1.29, 1.82) is 5.26 Å². The van der Waals surface area contributed by atoms with Gasteiger partial charge in [0.15, 0.2) is 0 Å². The topological polar surface area (TPSA) is 36.3 Å². The molecule has 0 saturated carbocycles. The Hall–Kier alpha value is -0.590. The van der Waals surface area contributed by atoms with E-state index in [2.05, 4.69) is 17.9 Å². The largest absolute Gasteiger partial charge is 0.380 e. The van der Waals surface area contributed by atoms with Gasteiger partial charge in [-0.1, -0.05) is 6.92 Å². The number of ether oxygens (including phenoxy) is 1. The SMILES string of the molecule is CCN(CCC#N)CC(C)OC. The summed E-state index contributed by atoms with van der Waals surface area (Å²) in [5, 5.41) is 8.39. The average Bonchev–Trinajstić information content (AvgIpc) is 2.11. The lowest BCUT2D eigenvalue weighted by Crippen LogP contribution is -2.32. The normalized spacial score (nSPS) is 12.9. The first kappa shape index (κ1) is 11.4. The second kappa shape index (κ2) is 7.08. The van der Waals surface area contributed by atoms with E-state index in [1.165, 1.54) is 0 Å². The predicted octanol–water partition coefficient (Wildman–Crippen LogP) is 1.26. The standard InChI is InChI=1S/C9H18N2O/c1-4-11(7-5-6-10)8-9(2)12-3/h9H,4-5,7-8H2,1-3H3. The number of methoxy groups -OCH3 is 1. The molecule has 12 heavy (non-hydrogen) atoms. The fraction of sp³-hybridized carbons (Fsp3) is 0.889. The van der Waals surface area contributed by atoms with Crippen molar-refractivity contribution in [3.05, 3.63) is 0 Å². The molecule has 0 aliphatic heterocycles. The number of hydrogen-bond donors (Lipinski definition) is 0. The van der Waals surface area contributed by atoms with Crippen molar-refractivity contribution >= 4 is 0 Å². The molecule has 0 aromatic heterocycles. The predicted molar refractivity (Wildman–Crippen MR) is 48.8 cm³/mol. The highest BCUT2D eigenvalue weighted by molar-refractivity contribution is 4.72. The molecule has 0 aromatic carbocycles. The average molecular weight is 170 g/mol. The van der Waals surface area contributed by atoms with Crippen molar-refractivity contribution in [2.24, 2.45) is 0 Å². The Balaban J connectivity index is 3.60. The third kappa shape index (κ3) is 5.11. The summed E-state index contributed by atoms with van der Waals surface area (Å²) < 4.78 is 5.14. The lowest BCUT2D eigenvalue weighted by atomic mass is 10.3. The van der Waals surface area contributed by atoms with Crippen LogP contribution in [-0.4, -0.2) is 37.7 Å². The van der Waals surface area contributed by atoms with Crippen LogP contribution in [0.4, 0.5) is 0 Å². The first-order valence-corrected chi connectivity index (χ1v) is 4.36. The molecular weight excluding hydrogens is 152 g/mol. The maximum atomic E-state index is 8.39. The summed E-state index contributed by atoms with van der Waals surface area (Å²) >= 11 is 0. The van der Waals surface area contributed by atoms with Gasteiger partial charge in [-0.25, -0.2) is 0 Å². The highest BCUT2D eigenvalue weighted by atomic mass is 16.5. The zero-order valence-electron chi connectivity index (χ0n) is 8.21. The minimum absolute atomic E-state index is 0.253. The number of nitriles is 1. The number of hydrogen-bond acceptors (Lipinski definition) is 3. The van der Waals surface area contributed by atoms with Gasteiger partial charge in [0, 0.05) is 26.6 Å². The van der Waals surface area contributed by atoms with Gasteiger partial charge in [-0.15, -0.1) is 0 Å². The van der Waals surface area contributed by atoms with Crippen molar-refractivity contribution in [2.75, 3.05) is 26.7 Å². The molecule has 0 bridgehead atoms. The Bertz CT molecular complexity index is 142. The quantitative estimate of drug-likeness (QED) is 0.602. The highest BCUT2D eigenvalue weighted by Gasteiger charge is 2.06. The summed E-state index contributed by atoms with van der Waals surface area (Å²) in [6.45, 7) is 6.87. The molecular formula is C9H18N2O. The van der Waals surface area contributed by atoms with Crippen LogP contribution in [0.5, 0.6) is 0 Å². The summed E-state index contributed by atoms with van der Waals surface area (Å²) in [5.41, 5.74) is 0. The number of likely N-dealkylation sites (N-methyl/N-ethyl adjacent to an activating group) is 1. The summed E-state index contributed by atoms with van der Waals surface area (Å²) in [4.78, 5) is 2.22. The summed E-state index contributed by atoms with van der Waals surface area (Å²) in [6.07, 6.45) is 0.855. The van der Waals surface area contributed by atoms with Crippen LogP contribution in [0.1, 0.15) is 20.3 Å². The molecule has 3 nitrogen and oxygen atoms in total. The van der Waals surface area contributed by atoms with Crippen LogP contribution < -0.4 is 0 Å². The van der Waals surface area contributed by atoms with Crippen molar-refractivity contribution in [3.8, 4) is 6.07 Å². The van der Waals surface area contributed by atoms with Crippen molar-refractivity contribution < 1.29 is 4.74 Å². The molecule has 0 spiro atoms. The molecule has 0 rings (SSSR count). The van der Waals surface area contributed by atoms with Gasteiger partial charge in [-0.05, 0) is 13.5 Å². The van der Waals surface area contributed by atoms with Gasteiger partial charge in [0.25, 0.3) is 0 Å². The smallest absolute Gasteiger partial charge is 0.0670 e. The van der Waals surface area contributed by atoms with Gasteiger partial charge in [-0.3, -0.25) is 0 Å². The second-order valence-electron chi connectivity index (χ2n) is 2.85. The van der Waals surface area contributed by atoms with Crippen molar-refractivity contribution in [1.82, 2.24) is 4.90 Å². The Labute approximate surface area is 74.9 Å². The molecule has 0 saturated heterocycles. The van der Waals surface area contributed by atoms with E-state index in [4.69, 9.17) is 10.00 Å². The summed E-state index contributed by atoms with van der Waals surface area (Å²) in [6, 6.07) is 2.14. The van der Waals surface area contributed by atoms with Gasteiger partial charge in [-0.2, -0.15) is 5.26 Å². The molecule has 0 N–H and O–H groups in total. The van der Waals surface area contributed by atoms with Gasteiger partial charge in [0.1, 0.15) is 0 Å². The highest BCUT2D eigenvalue weighted by Crippen LogP contribution is 1.96. The molecule has 0 aromatic rings. The molecule has 0 heterocycles. The van der Waals surface area contributed by atoms with Gasteiger partial charge < -0.3 is 9.64 Å². The first-order chi connectivity index (χ1) is 5.74. The van der Waals surface area contributed by atoms with Crippen LogP contribution >= 0.6 is 0 Å². The third-order valence-corrected chi connectivity index (χ3v) is 1.90. The molecule has 70 valence electrons. The van der Waals surface area contributed by atoms with E-state index in [9.17, 15) is 0 Å². The number of rotatable bonds is 6. The van der Waals surface area contributed by atoms with Crippen LogP contribution in [0, 0.1) is 11.3 Å². The third-order valence-electron chi connectivity index (χ3n) is 1.90. The monoisotopic (exact) mass is 170 g/mol. The molecule has 1 unspecified atom stereocenters. The molecule has 0 aliphatic carbocycles. The minimum atomic E-state index is 0.253. The van der Waals surface area contributed by atoms with E-state index >= 15 is 0 Å². The zero-order valence-corrected chi connectivity index (χ0v) is 8.21. The van der Waals surface area contributed by atoms with E-state index in [1.54, 1.807) is 7.11 Å². The lowest BCUT2D eigenvalue weighted by Gasteiger charge is -2.22. The Morgan fingerprint density at radius 2 is 2.25 bits per heavy atom. The maximum absolute atomic E-state index is 8.39. The Morgan fingerprint density at radius 3 is 2.67 bits per heavy atom. The lowest BCUT2D eigenvalue weighted by molar-refractivity contribution is 0.0796. The first-order valence-electron chi connectivity index (χ1n) is 4.36. The molecule has 0 aliphatic rings. The van der Waals surface area contributed by atoms with Crippen LogP contribution in [0.2, 0.25) is 0 Å². The Morgan fingerprint density at radius 1 is 1.58 bits per heavy atom. The maximum Gasteiger partial charge on any atom is 0.0670 e. The van der Waals surface area contributed by atoms with Gasteiger partial charge >= 0.3 is 0 Å². The van der Waals surface area contributed by atoms with E-state index in [0.29, 0.717) is 6.42 Å². The molecule has 3 heteroatoms. The summed E-state index contributed by atoms with van der Waals surface area (Å²) in [5.74, 6) is 0. The summed E-state index contributed by atoms with van der Waals surface area (Å²) in [7, 11) is 1.71.